The normalized spacial score (nSPS) is 17.2. The zero-order chi connectivity index (χ0) is 17.5. The van der Waals surface area contributed by atoms with Crippen LogP contribution in [0.5, 0.6) is 5.75 Å². The molecule has 2 aromatic rings. The summed E-state index contributed by atoms with van der Waals surface area (Å²) in [6, 6.07) is 8.22. The summed E-state index contributed by atoms with van der Waals surface area (Å²) in [5, 5.41) is 1.03. The van der Waals surface area contributed by atoms with Crippen molar-refractivity contribution in [3.05, 3.63) is 57.1 Å². The van der Waals surface area contributed by atoms with Crippen molar-refractivity contribution in [1.82, 2.24) is 4.72 Å². The highest BCUT2D eigenvalue weighted by molar-refractivity contribution is 7.89. The predicted molar refractivity (Wildman–Crippen MR) is 95.6 cm³/mol. The van der Waals surface area contributed by atoms with Crippen molar-refractivity contribution in [2.75, 3.05) is 6.61 Å². The third-order valence-electron chi connectivity index (χ3n) is 4.07. The molecule has 0 saturated carbocycles. The fourth-order valence-corrected chi connectivity index (χ4v) is 4.82. The molecule has 24 heavy (non-hydrogen) atoms. The predicted octanol–water partition coefficient (Wildman–Crippen LogP) is 4.41. The van der Waals surface area contributed by atoms with Gasteiger partial charge in [-0.3, -0.25) is 0 Å². The molecule has 0 radical (unpaired) electrons. The second-order valence-corrected chi connectivity index (χ2v) is 8.33. The SMILES string of the molecule is Cc1cc(S(=O)(=O)NC2CCOc3c(Cl)cccc32)c(C)cc1Cl. The van der Waals surface area contributed by atoms with E-state index in [2.05, 4.69) is 4.72 Å². The fourth-order valence-electron chi connectivity index (χ4n) is 2.80. The quantitative estimate of drug-likeness (QED) is 0.850. The summed E-state index contributed by atoms with van der Waals surface area (Å²) in [6.07, 6.45) is 0.540. The Labute approximate surface area is 151 Å². The van der Waals surface area contributed by atoms with Gasteiger partial charge in [-0.05, 0) is 43.2 Å². The van der Waals surface area contributed by atoms with Gasteiger partial charge in [0, 0.05) is 17.0 Å². The Morgan fingerprint density at radius 1 is 1.12 bits per heavy atom. The van der Waals surface area contributed by atoms with Gasteiger partial charge in [0.2, 0.25) is 10.0 Å². The smallest absolute Gasteiger partial charge is 0.241 e. The number of ether oxygens (including phenoxy) is 1. The zero-order valence-corrected chi connectivity index (χ0v) is 15.6. The van der Waals surface area contributed by atoms with Gasteiger partial charge in [-0.2, -0.15) is 0 Å². The highest BCUT2D eigenvalue weighted by atomic mass is 35.5. The first kappa shape index (κ1) is 17.5. The van der Waals surface area contributed by atoms with Gasteiger partial charge in [-0.25, -0.2) is 13.1 Å². The molecular weight excluding hydrogens is 369 g/mol. The number of fused-ring (bicyclic) bond motifs is 1. The Balaban J connectivity index is 1.98. The van der Waals surface area contributed by atoms with E-state index in [1.165, 1.54) is 0 Å². The summed E-state index contributed by atoms with van der Waals surface area (Å²) in [5.74, 6) is 0.544. The molecule has 1 unspecified atom stereocenters. The van der Waals surface area contributed by atoms with E-state index >= 15 is 0 Å². The summed E-state index contributed by atoms with van der Waals surface area (Å²) < 4.78 is 34.1. The molecule has 1 N–H and O–H groups in total. The van der Waals surface area contributed by atoms with Gasteiger partial charge in [0.15, 0.2) is 0 Å². The van der Waals surface area contributed by atoms with E-state index in [9.17, 15) is 8.42 Å². The molecule has 3 rings (SSSR count). The minimum Gasteiger partial charge on any atom is -0.492 e. The van der Waals surface area contributed by atoms with Crippen LogP contribution in [0.25, 0.3) is 0 Å². The minimum atomic E-state index is -3.69. The van der Waals surface area contributed by atoms with Crippen molar-refractivity contribution in [3.8, 4) is 5.75 Å². The lowest BCUT2D eigenvalue weighted by Crippen LogP contribution is -2.32. The maximum Gasteiger partial charge on any atom is 0.241 e. The van der Waals surface area contributed by atoms with E-state index < -0.39 is 10.0 Å². The van der Waals surface area contributed by atoms with E-state index in [1.807, 2.05) is 6.07 Å². The molecule has 1 aliphatic rings. The molecule has 0 spiro atoms. The highest BCUT2D eigenvalue weighted by Gasteiger charge is 2.29. The van der Waals surface area contributed by atoms with Crippen LogP contribution in [0.4, 0.5) is 0 Å². The lowest BCUT2D eigenvalue weighted by atomic mass is 10.0. The third kappa shape index (κ3) is 3.26. The Bertz CT molecular complexity index is 897. The number of rotatable bonds is 3. The highest BCUT2D eigenvalue weighted by Crippen LogP contribution is 2.38. The maximum absolute atomic E-state index is 12.9. The lowest BCUT2D eigenvalue weighted by Gasteiger charge is -2.27. The van der Waals surface area contributed by atoms with Gasteiger partial charge in [0.25, 0.3) is 0 Å². The standard InChI is InChI=1S/C17H17Cl2NO3S/c1-10-9-16(11(2)8-14(10)19)24(21,22)20-15-6-7-23-17-12(15)4-3-5-13(17)18/h3-5,8-9,15,20H,6-7H2,1-2H3. The van der Waals surface area contributed by atoms with Gasteiger partial charge in [-0.15, -0.1) is 0 Å². The molecule has 0 saturated heterocycles. The number of sulfonamides is 1. The van der Waals surface area contributed by atoms with Crippen LogP contribution >= 0.6 is 23.2 Å². The molecule has 0 aliphatic carbocycles. The zero-order valence-electron chi connectivity index (χ0n) is 13.3. The molecule has 1 aliphatic heterocycles. The topological polar surface area (TPSA) is 55.4 Å². The largest absolute Gasteiger partial charge is 0.492 e. The molecule has 1 atom stereocenters. The minimum absolute atomic E-state index is 0.236. The number of hydrogen-bond acceptors (Lipinski definition) is 3. The Morgan fingerprint density at radius 3 is 2.62 bits per heavy atom. The monoisotopic (exact) mass is 385 g/mol. The molecule has 128 valence electrons. The van der Waals surface area contributed by atoms with Crippen molar-refractivity contribution in [1.29, 1.82) is 0 Å². The van der Waals surface area contributed by atoms with Crippen LogP contribution in [-0.2, 0) is 10.0 Å². The summed E-state index contributed by atoms with van der Waals surface area (Å²) in [6.45, 7) is 3.92. The van der Waals surface area contributed by atoms with Crippen molar-refractivity contribution >= 4 is 33.2 Å². The lowest BCUT2D eigenvalue weighted by molar-refractivity contribution is 0.263. The fraction of sp³-hybridized carbons (Fsp3) is 0.294. The van der Waals surface area contributed by atoms with Gasteiger partial charge >= 0.3 is 0 Å². The summed E-state index contributed by atoms with van der Waals surface area (Å²) >= 11 is 12.2. The second kappa shape index (κ2) is 6.56. The van der Waals surface area contributed by atoms with Crippen LogP contribution in [0.2, 0.25) is 10.0 Å². The van der Waals surface area contributed by atoms with Crippen molar-refractivity contribution in [3.63, 3.8) is 0 Å². The van der Waals surface area contributed by atoms with Gasteiger partial charge in [0.05, 0.1) is 22.6 Å². The van der Waals surface area contributed by atoms with Crippen LogP contribution in [-0.4, -0.2) is 15.0 Å². The van der Waals surface area contributed by atoms with Crippen LogP contribution < -0.4 is 9.46 Å². The summed E-state index contributed by atoms with van der Waals surface area (Å²) in [7, 11) is -3.69. The van der Waals surface area contributed by atoms with Crippen molar-refractivity contribution in [2.24, 2.45) is 0 Å². The summed E-state index contributed by atoms with van der Waals surface area (Å²) in [4.78, 5) is 0.236. The van der Waals surface area contributed by atoms with E-state index in [0.29, 0.717) is 34.4 Å². The van der Waals surface area contributed by atoms with Gasteiger partial charge in [-0.1, -0.05) is 35.3 Å². The van der Waals surface area contributed by atoms with E-state index in [1.54, 1.807) is 38.1 Å². The molecule has 0 fully saturated rings. The molecule has 2 aromatic carbocycles. The van der Waals surface area contributed by atoms with E-state index in [-0.39, 0.29) is 10.9 Å². The van der Waals surface area contributed by atoms with Crippen molar-refractivity contribution in [2.45, 2.75) is 31.2 Å². The van der Waals surface area contributed by atoms with Gasteiger partial charge in [0.1, 0.15) is 5.75 Å². The number of benzene rings is 2. The second-order valence-electron chi connectivity index (χ2n) is 5.84. The number of hydrogen-bond donors (Lipinski definition) is 1. The molecular formula is C17H17Cl2NO3S. The maximum atomic E-state index is 12.9. The first-order valence-electron chi connectivity index (χ1n) is 7.50. The molecule has 4 nitrogen and oxygen atoms in total. The third-order valence-corrected chi connectivity index (χ3v) is 6.39. The van der Waals surface area contributed by atoms with Crippen LogP contribution in [0.15, 0.2) is 35.2 Å². The summed E-state index contributed by atoms with van der Waals surface area (Å²) in [5.41, 5.74) is 2.08. The Kier molecular flexibility index (Phi) is 4.80. The number of nitrogens with one attached hydrogen (secondary N) is 1. The van der Waals surface area contributed by atoms with E-state index in [0.717, 1.165) is 11.1 Å². The molecule has 0 bridgehead atoms. The number of aryl methyl sites for hydroxylation is 2. The number of para-hydroxylation sites is 1. The molecule has 1 heterocycles. The van der Waals surface area contributed by atoms with Crippen LogP contribution in [0.1, 0.15) is 29.2 Å². The molecule has 0 aromatic heterocycles. The number of halogens is 2. The first-order valence-corrected chi connectivity index (χ1v) is 9.74. The average molecular weight is 386 g/mol. The van der Waals surface area contributed by atoms with Crippen LogP contribution in [0, 0.1) is 13.8 Å². The molecule has 0 amide bonds. The Morgan fingerprint density at radius 2 is 1.88 bits per heavy atom. The van der Waals surface area contributed by atoms with E-state index in [4.69, 9.17) is 27.9 Å². The van der Waals surface area contributed by atoms with Crippen LogP contribution in [0.3, 0.4) is 0 Å². The average Bonchev–Trinajstić information content (AvgIpc) is 2.51. The molecule has 7 heteroatoms. The Hall–Kier alpha value is -1.27. The first-order chi connectivity index (χ1) is 11.3. The van der Waals surface area contributed by atoms with Gasteiger partial charge < -0.3 is 4.74 Å². The van der Waals surface area contributed by atoms with Crippen molar-refractivity contribution < 1.29 is 13.2 Å².